The highest BCUT2D eigenvalue weighted by Gasteiger charge is 2.11. The van der Waals surface area contributed by atoms with Crippen molar-refractivity contribution in [2.24, 2.45) is 0 Å². The Balaban J connectivity index is 2.42. The highest BCUT2D eigenvalue weighted by Crippen LogP contribution is 2.28. The molecule has 2 rings (SSSR count). The average molecular weight is 301 g/mol. The predicted octanol–water partition coefficient (Wildman–Crippen LogP) is 4.01. The van der Waals surface area contributed by atoms with Crippen molar-refractivity contribution in [3.63, 3.8) is 0 Å². The molecular formula is C11H11BrClN3. The third-order valence-corrected chi connectivity index (χ3v) is 3.03. The van der Waals surface area contributed by atoms with Crippen LogP contribution in [0.5, 0.6) is 0 Å². The number of benzene rings is 1. The number of aromatic amines is 1. The summed E-state index contributed by atoms with van der Waals surface area (Å²) in [6, 6.07) is 5.66. The van der Waals surface area contributed by atoms with E-state index in [-0.39, 0.29) is 0 Å². The van der Waals surface area contributed by atoms with Gasteiger partial charge >= 0.3 is 0 Å². The zero-order chi connectivity index (χ0) is 11.7. The van der Waals surface area contributed by atoms with Crippen LogP contribution in [0.3, 0.4) is 0 Å². The van der Waals surface area contributed by atoms with Gasteiger partial charge < -0.3 is 0 Å². The minimum absolute atomic E-state index is 0.329. The van der Waals surface area contributed by atoms with Gasteiger partial charge in [-0.05, 0) is 18.2 Å². The van der Waals surface area contributed by atoms with Crippen molar-refractivity contribution < 1.29 is 0 Å². The highest BCUT2D eigenvalue weighted by atomic mass is 79.9. The fourth-order valence-electron chi connectivity index (χ4n) is 1.32. The van der Waals surface area contributed by atoms with Crippen LogP contribution >= 0.6 is 27.5 Å². The first-order chi connectivity index (χ1) is 7.58. The molecule has 0 spiro atoms. The molecule has 0 atom stereocenters. The van der Waals surface area contributed by atoms with E-state index < -0.39 is 0 Å². The molecule has 1 aromatic heterocycles. The van der Waals surface area contributed by atoms with Gasteiger partial charge in [-0.2, -0.15) is 5.10 Å². The Morgan fingerprint density at radius 2 is 2.12 bits per heavy atom. The molecule has 2 aromatic rings. The minimum Gasteiger partial charge on any atom is -0.262 e. The van der Waals surface area contributed by atoms with E-state index in [4.69, 9.17) is 11.6 Å². The van der Waals surface area contributed by atoms with Gasteiger partial charge in [0, 0.05) is 16.0 Å². The van der Waals surface area contributed by atoms with Crippen molar-refractivity contribution in [1.82, 2.24) is 15.2 Å². The molecule has 0 saturated carbocycles. The van der Waals surface area contributed by atoms with Gasteiger partial charge in [0.1, 0.15) is 5.82 Å². The maximum Gasteiger partial charge on any atom is 0.182 e. The van der Waals surface area contributed by atoms with Crippen LogP contribution in [0.15, 0.2) is 22.7 Å². The van der Waals surface area contributed by atoms with E-state index in [2.05, 4.69) is 45.0 Å². The van der Waals surface area contributed by atoms with Crippen LogP contribution in [0.25, 0.3) is 11.4 Å². The standard InChI is InChI=1S/C11H11BrClN3/c1-6(2)10-14-11(16-15-10)8-4-3-7(12)5-9(8)13/h3-6H,1-2H3,(H,14,15,16). The molecule has 3 nitrogen and oxygen atoms in total. The molecule has 0 radical (unpaired) electrons. The molecule has 0 amide bonds. The van der Waals surface area contributed by atoms with E-state index in [1.807, 2.05) is 18.2 Å². The van der Waals surface area contributed by atoms with Gasteiger partial charge in [-0.25, -0.2) is 4.98 Å². The molecule has 0 aliphatic rings. The number of hydrogen-bond acceptors (Lipinski definition) is 2. The van der Waals surface area contributed by atoms with E-state index in [1.54, 1.807) is 0 Å². The maximum absolute atomic E-state index is 6.13. The van der Waals surface area contributed by atoms with Crippen LogP contribution in [0, 0.1) is 0 Å². The Labute approximate surface area is 107 Å². The third kappa shape index (κ3) is 2.28. The Morgan fingerprint density at radius 3 is 2.69 bits per heavy atom. The molecule has 0 aliphatic heterocycles. The summed E-state index contributed by atoms with van der Waals surface area (Å²) in [4.78, 5) is 4.40. The van der Waals surface area contributed by atoms with Gasteiger partial charge in [-0.1, -0.05) is 41.4 Å². The normalized spacial score (nSPS) is 11.1. The molecule has 0 aliphatic carbocycles. The summed E-state index contributed by atoms with van der Waals surface area (Å²) in [7, 11) is 0. The van der Waals surface area contributed by atoms with Crippen molar-refractivity contribution in [1.29, 1.82) is 0 Å². The van der Waals surface area contributed by atoms with Gasteiger partial charge in [-0.3, -0.25) is 5.10 Å². The summed E-state index contributed by atoms with van der Waals surface area (Å²) >= 11 is 9.49. The molecule has 0 bridgehead atoms. The fourth-order valence-corrected chi connectivity index (χ4v) is 2.08. The fraction of sp³-hybridized carbons (Fsp3) is 0.273. The molecule has 16 heavy (non-hydrogen) atoms. The van der Waals surface area contributed by atoms with Crippen LogP contribution < -0.4 is 0 Å². The zero-order valence-corrected chi connectivity index (χ0v) is 11.3. The Kier molecular flexibility index (Phi) is 3.30. The lowest BCUT2D eigenvalue weighted by Crippen LogP contribution is -1.89. The lowest BCUT2D eigenvalue weighted by molar-refractivity contribution is 0.781. The SMILES string of the molecule is CC(C)c1nc(-c2ccc(Br)cc2Cl)n[nH]1. The first-order valence-corrected chi connectivity index (χ1v) is 6.12. The summed E-state index contributed by atoms with van der Waals surface area (Å²) in [5, 5.41) is 7.72. The van der Waals surface area contributed by atoms with Gasteiger partial charge in [0.05, 0.1) is 5.02 Å². The van der Waals surface area contributed by atoms with Gasteiger partial charge in [0.15, 0.2) is 5.82 Å². The maximum atomic E-state index is 6.13. The number of hydrogen-bond donors (Lipinski definition) is 1. The van der Waals surface area contributed by atoms with Crippen LogP contribution in [0.4, 0.5) is 0 Å². The second-order valence-corrected chi connectivity index (χ2v) is 5.15. The third-order valence-electron chi connectivity index (χ3n) is 2.22. The summed E-state index contributed by atoms with van der Waals surface area (Å²) < 4.78 is 0.945. The van der Waals surface area contributed by atoms with Gasteiger partial charge in [0.25, 0.3) is 0 Å². The Bertz CT molecular complexity index is 508. The van der Waals surface area contributed by atoms with Crippen molar-refractivity contribution in [3.8, 4) is 11.4 Å². The molecule has 0 fully saturated rings. The monoisotopic (exact) mass is 299 g/mol. The van der Waals surface area contributed by atoms with E-state index in [0.717, 1.165) is 15.9 Å². The molecule has 0 unspecified atom stereocenters. The van der Waals surface area contributed by atoms with Crippen LogP contribution in [-0.2, 0) is 0 Å². The summed E-state index contributed by atoms with van der Waals surface area (Å²) in [6.07, 6.45) is 0. The van der Waals surface area contributed by atoms with E-state index in [1.165, 1.54) is 0 Å². The van der Waals surface area contributed by atoms with Gasteiger partial charge in [-0.15, -0.1) is 0 Å². The number of aromatic nitrogens is 3. The lowest BCUT2D eigenvalue weighted by Gasteiger charge is -1.99. The smallest absolute Gasteiger partial charge is 0.182 e. The second-order valence-electron chi connectivity index (χ2n) is 3.82. The number of rotatable bonds is 2. The Hall–Kier alpha value is -0.870. The first-order valence-electron chi connectivity index (χ1n) is 4.95. The molecule has 84 valence electrons. The van der Waals surface area contributed by atoms with E-state index in [0.29, 0.717) is 16.8 Å². The van der Waals surface area contributed by atoms with E-state index >= 15 is 0 Å². The number of halogens is 2. The van der Waals surface area contributed by atoms with Gasteiger partial charge in [0.2, 0.25) is 0 Å². The predicted molar refractivity (Wildman–Crippen MR) is 68.6 cm³/mol. The van der Waals surface area contributed by atoms with Crippen molar-refractivity contribution in [2.45, 2.75) is 19.8 Å². The number of nitrogens with one attached hydrogen (secondary N) is 1. The number of H-pyrrole nitrogens is 1. The van der Waals surface area contributed by atoms with Crippen LogP contribution in [0.2, 0.25) is 5.02 Å². The zero-order valence-electron chi connectivity index (χ0n) is 8.96. The topological polar surface area (TPSA) is 41.6 Å². The second kappa shape index (κ2) is 4.55. The molecular weight excluding hydrogens is 289 g/mol. The van der Waals surface area contributed by atoms with E-state index in [9.17, 15) is 0 Å². The summed E-state index contributed by atoms with van der Waals surface area (Å²) in [5.41, 5.74) is 0.841. The highest BCUT2D eigenvalue weighted by molar-refractivity contribution is 9.10. The average Bonchev–Trinajstić information content (AvgIpc) is 2.66. The molecule has 5 heteroatoms. The lowest BCUT2D eigenvalue weighted by atomic mass is 10.2. The largest absolute Gasteiger partial charge is 0.262 e. The van der Waals surface area contributed by atoms with Crippen LogP contribution in [-0.4, -0.2) is 15.2 Å². The molecule has 1 N–H and O–H groups in total. The van der Waals surface area contributed by atoms with Crippen molar-refractivity contribution in [2.75, 3.05) is 0 Å². The molecule has 0 saturated heterocycles. The van der Waals surface area contributed by atoms with Crippen LogP contribution in [0.1, 0.15) is 25.6 Å². The summed E-state index contributed by atoms with van der Waals surface area (Å²) in [6.45, 7) is 4.13. The minimum atomic E-state index is 0.329. The van der Waals surface area contributed by atoms with Crippen molar-refractivity contribution in [3.05, 3.63) is 33.5 Å². The van der Waals surface area contributed by atoms with Crippen molar-refractivity contribution >= 4 is 27.5 Å². The molecule has 1 aromatic carbocycles. The number of nitrogens with zero attached hydrogens (tertiary/aromatic N) is 2. The summed E-state index contributed by atoms with van der Waals surface area (Å²) in [5.74, 6) is 1.84. The first kappa shape index (κ1) is 11.6. The quantitative estimate of drug-likeness (QED) is 0.910. The Morgan fingerprint density at radius 1 is 1.38 bits per heavy atom. The molecule has 1 heterocycles.